The van der Waals surface area contributed by atoms with E-state index >= 15 is 0 Å². The second-order valence-electron chi connectivity index (χ2n) is 2.53. The molecule has 64 valence electrons. The Balaban J connectivity index is 4.03. The molecule has 0 aliphatic heterocycles. The van der Waals surface area contributed by atoms with Crippen molar-refractivity contribution in [2.75, 3.05) is 13.6 Å². The van der Waals surface area contributed by atoms with E-state index in [1.165, 1.54) is 0 Å². The minimum atomic E-state index is -0.224. The van der Waals surface area contributed by atoms with E-state index in [1.807, 2.05) is 0 Å². The molecule has 0 radical (unpaired) electrons. The van der Waals surface area contributed by atoms with Crippen LogP contribution in [0, 0.1) is 0 Å². The molecule has 0 aliphatic rings. The first-order valence-electron chi connectivity index (χ1n) is 3.69. The van der Waals surface area contributed by atoms with Crippen LogP contribution in [0.2, 0.25) is 0 Å². The van der Waals surface area contributed by atoms with E-state index < -0.39 is 0 Å². The van der Waals surface area contributed by atoms with Crippen molar-refractivity contribution in [3.8, 4) is 0 Å². The molecule has 0 saturated carbocycles. The van der Waals surface area contributed by atoms with Gasteiger partial charge in [-0.05, 0) is 26.9 Å². The number of ketones is 1. The predicted octanol–water partition coefficient (Wildman–Crippen LogP) is 0.0684. The summed E-state index contributed by atoms with van der Waals surface area (Å²) in [5, 5.41) is 2.88. The Morgan fingerprint density at radius 3 is 2.55 bits per heavy atom. The fraction of sp³-hybridized carbons (Fsp3) is 0.625. The third-order valence-electron chi connectivity index (χ3n) is 1.57. The maximum absolute atomic E-state index is 10.9. The summed E-state index contributed by atoms with van der Waals surface area (Å²) in [4.78, 5) is 10.9. The van der Waals surface area contributed by atoms with Crippen LogP contribution in [0.5, 0.6) is 0 Å². The first-order valence-corrected chi connectivity index (χ1v) is 3.69. The van der Waals surface area contributed by atoms with Crippen LogP contribution in [0.4, 0.5) is 0 Å². The number of nitrogens with two attached hydrogens (primary N) is 1. The van der Waals surface area contributed by atoms with Crippen molar-refractivity contribution in [3.63, 3.8) is 0 Å². The zero-order chi connectivity index (χ0) is 8.85. The molecule has 0 rings (SSSR count). The number of rotatable bonds is 5. The zero-order valence-corrected chi connectivity index (χ0v) is 7.18. The predicted molar refractivity (Wildman–Crippen MR) is 46.3 cm³/mol. The van der Waals surface area contributed by atoms with Gasteiger partial charge in [-0.1, -0.05) is 12.2 Å². The number of nitrogens with one attached hydrogen (secondary N) is 1. The SMILES string of the molecule is C=C(CCN)[C@H](NC)C(C)=O. The molecule has 0 aromatic rings. The highest BCUT2D eigenvalue weighted by atomic mass is 16.1. The lowest BCUT2D eigenvalue weighted by atomic mass is 10.0. The van der Waals surface area contributed by atoms with Gasteiger partial charge in [0.15, 0.2) is 5.78 Å². The molecule has 0 spiro atoms. The second-order valence-corrected chi connectivity index (χ2v) is 2.53. The van der Waals surface area contributed by atoms with Gasteiger partial charge in [-0.25, -0.2) is 0 Å². The van der Waals surface area contributed by atoms with Crippen LogP contribution in [0.1, 0.15) is 13.3 Å². The van der Waals surface area contributed by atoms with Gasteiger partial charge in [0, 0.05) is 0 Å². The highest BCUT2D eigenvalue weighted by molar-refractivity contribution is 5.84. The van der Waals surface area contributed by atoms with Crippen molar-refractivity contribution < 1.29 is 4.79 Å². The maximum Gasteiger partial charge on any atom is 0.150 e. The molecule has 0 aromatic carbocycles. The molecule has 0 heterocycles. The molecule has 3 heteroatoms. The lowest BCUT2D eigenvalue weighted by Crippen LogP contribution is -2.34. The number of carbonyl (C=O) groups excluding carboxylic acids is 1. The summed E-state index contributed by atoms with van der Waals surface area (Å²) < 4.78 is 0. The third-order valence-corrected chi connectivity index (χ3v) is 1.57. The van der Waals surface area contributed by atoms with Crippen LogP contribution in [0.15, 0.2) is 12.2 Å². The normalized spacial score (nSPS) is 12.6. The van der Waals surface area contributed by atoms with E-state index in [1.54, 1.807) is 14.0 Å². The van der Waals surface area contributed by atoms with E-state index in [4.69, 9.17) is 5.73 Å². The van der Waals surface area contributed by atoms with Gasteiger partial charge >= 0.3 is 0 Å². The quantitative estimate of drug-likeness (QED) is 0.554. The second kappa shape index (κ2) is 5.04. The Kier molecular flexibility index (Phi) is 4.74. The van der Waals surface area contributed by atoms with E-state index in [0.717, 1.165) is 5.57 Å². The van der Waals surface area contributed by atoms with Crippen molar-refractivity contribution in [2.45, 2.75) is 19.4 Å². The minimum absolute atomic E-state index is 0.0888. The number of hydrogen-bond donors (Lipinski definition) is 2. The summed E-state index contributed by atoms with van der Waals surface area (Å²) in [6.45, 7) is 5.86. The molecule has 0 unspecified atom stereocenters. The van der Waals surface area contributed by atoms with Gasteiger partial charge in [-0.15, -0.1) is 0 Å². The van der Waals surface area contributed by atoms with Gasteiger partial charge in [-0.2, -0.15) is 0 Å². The van der Waals surface area contributed by atoms with Gasteiger partial charge in [-0.3, -0.25) is 4.79 Å². The van der Waals surface area contributed by atoms with Crippen molar-refractivity contribution in [1.82, 2.24) is 5.32 Å². The van der Waals surface area contributed by atoms with Gasteiger partial charge < -0.3 is 11.1 Å². The smallest absolute Gasteiger partial charge is 0.150 e. The van der Waals surface area contributed by atoms with Gasteiger partial charge in [0.1, 0.15) is 0 Å². The molecular weight excluding hydrogens is 140 g/mol. The average Bonchev–Trinajstić information content (AvgIpc) is 1.88. The van der Waals surface area contributed by atoms with Crippen LogP contribution in [0.25, 0.3) is 0 Å². The van der Waals surface area contributed by atoms with E-state index in [0.29, 0.717) is 13.0 Å². The van der Waals surface area contributed by atoms with E-state index in [2.05, 4.69) is 11.9 Å². The molecule has 0 saturated heterocycles. The van der Waals surface area contributed by atoms with Gasteiger partial charge in [0.05, 0.1) is 6.04 Å². The highest BCUT2D eigenvalue weighted by Crippen LogP contribution is 2.03. The van der Waals surface area contributed by atoms with Crippen molar-refractivity contribution in [3.05, 3.63) is 12.2 Å². The molecule has 0 fully saturated rings. The average molecular weight is 156 g/mol. The maximum atomic E-state index is 10.9. The summed E-state index contributed by atoms with van der Waals surface area (Å²) in [5.41, 5.74) is 6.19. The van der Waals surface area contributed by atoms with Crippen molar-refractivity contribution in [2.24, 2.45) is 5.73 Å². The van der Waals surface area contributed by atoms with Crippen LogP contribution in [-0.2, 0) is 4.79 Å². The zero-order valence-electron chi connectivity index (χ0n) is 7.18. The van der Waals surface area contributed by atoms with Crippen LogP contribution in [0.3, 0.4) is 0 Å². The van der Waals surface area contributed by atoms with E-state index in [-0.39, 0.29) is 11.8 Å². The lowest BCUT2D eigenvalue weighted by Gasteiger charge is -2.14. The summed E-state index contributed by atoms with van der Waals surface area (Å²) in [5.74, 6) is 0.0888. The lowest BCUT2D eigenvalue weighted by molar-refractivity contribution is -0.118. The number of Topliss-reactive ketones (excluding diaryl/α,β-unsaturated/α-hetero) is 1. The van der Waals surface area contributed by atoms with Crippen molar-refractivity contribution in [1.29, 1.82) is 0 Å². The molecule has 3 N–H and O–H groups in total. The van der Waals surface area contributed by atoms with Crippen LogP contribution >= 0.6 is 0 Å². The number of carbonyl (C=O) groups is 1. The summed E-state index contributed by atoms with van der Waals surface area (Å²) in [6, 6.07) is -0.224. The highest BCUT2D eigenvalue weighted by Gasteiger charge is 2.13. The van der Waals surface area contributed by atoms with E-state index in [9.17, 15) is 4.79 Å². The molecule has 0 bridgehead atoms. The third kappa shape index (κ3) is 3.30. The molecule has 0 amide bonds. The molecule has 11 heavy (non-hydrogen) atoms. The minimum Gasteiger partial charge on any atom is -0.330 e. The molecule has 1 atom stereocenters. The molecule has 0 aromatic heterocycles. The Hall–Kier alpha value is -0.670. The van der Waals surface area contributed by atoms with Crippen molar-refractivity contribution >= 4 is 5.78 Å². The standard InChI is InChI=1S/C8H16N2O/c1-6(4-5-9)8(10-3)7(2)11/h8,10H,1,4-5,9H2,2-3H3/t8-/m0/s1. The topological polar surface area (TPSA) is 55.1 Å². The molecule has 3 nitrogen and oxygen atoms in total. The monoisotopic (exact) mass is 156 g/mol. The summed E-state index contributed by atoms with van der Waals surface area (Å²) >= 11 is 0. The Bertz CT molecular complexity index is 154. The molecule has 0 aliphatic carbocycles. The first-order chi connectivity index (χ1) is 5.13. The Morgan fingerprint density at radius 2 is 2.27 bits per heavy atom. The Labute approximate surface area is 67.7 Å². The fourth-order valence-electron chi connectivity index (χ4n) is 1.02. The fourth-order valence-corrected chi connectivity index (χ4v) is 1.02. The molecular formula is C8H16N2O. The number of hydrogen-bond acceptors (Lipinski definition) is 3. The first kappa shape index (κ1) is 10.3. The summed E-state index contributed by atoms with van der Waals surface area (Å²) in [7, 11) is 1.74. The largest absolute Gasteiger partial charge is 0.330 e. The van der Waals surface area contributed by atoms with Crippen LogP contribution < -0.4 is 11.1 Å². The van der Waals surface area contributed by atoms with Gasteiger partial charge in [0.2, 0.25) is 0 Å². The van der Waals surface area contributed by atoms with Gasteiger partial charge in [0.25, 0.3) is 0 Å². The Morgan fingerprint density at radius 1 is 1.73 bits per heavy atom. The summed E-state index contributed by atoms with van der Waals surface area (Å²) in [6.07, 6.45) is 0.699. The van der Waals surface area contributed by atoms with Crippen LogP contribution in [-0.4, -0.2) is 25.4 Å². The number of likely N-dealkylation sites (N-methyl/N-ethyl adjacent to an activating group) is 1.